The van der Waals surface area contributed by atoms with Gasteiger partial charge >= 0.3 is 0 Å². The molecule has 0 fully saturated rings. The van der Waals surface area contributed by atoms with Crippen molar-refractivity contribution in [2.24, 2.45) is 0 Å². The molecule has 0 bridgehead atoms. The van der Waals surface area contributed by atoms with E-state index >= 15 is 0 Å². The Kier molecular flexibility index (Phi) is 7.91. The van der Waals surface area contributed by atoms with Gasteiger partial charge in [0.2, 0.25) is 0 Å². The van der Waals surface area contributed by atoms with Crippen LogP contribution in [0, 0.1) is 20.8 Å². The molecular formula is C57H41N. The molecule has 11 rings (SSSR count). The van der Waals surface area contributed by atoms with Crippen LogP contribution in [0.1, 0.15) is 16.7 Å². The summed E-state index contributed by atoms with van der Waals surface area (Å²) in [4.78, 5) is 2.44. The molecular weight excluding hydrogens is 699 g/mol. The highest BCUT2D eigenvalue weighted by molar-refractivity contribution is 6.26. The molecule has 1 nitrogen and oxygen atoms in total. The average molecular weight is 740 g/mol. The minimum atomic E-state index is 1.14. The van der Waals surface area contributed by atoms with Crippen molar-refractivity contribution in [2.75, 3.05) is 4.90 Å². The molecule has 0 amide bonds. The van der Waals surface area contributed by atoms with Gasteiger partial charge < -0.3 is 4.90 Å². The lowest BCUT2D eigenvalue weighted by atomic mass is 9.87. The fourth-order valence-corrected chi connectivity index (χ4v) is 9.38. The van der Waals surface area contributed by atoms with E-state index in [2.05, 4.69) is 220 Å². The van der Waals surface area contributed by atoms with Gasteiger partial charge in [-0.25, -0.2) is 0 Å². The molecule has 1 heteroatoms. The number of hydrogen-bond acceptors (Lipinski definition) is 1. The molecule has 0 spiro atoms. The highest BCUT2D eigenvalue weighted by atomic mass is 15.1. The topological polar surface area (TPSA) is 3.24 Å². The molecule has 274 valence electrons. The first-order valence-electron chi connectivity index (χ1n) is 20.2. The fraction of sp³-hybridized carbons (Fsp3) is 0.0526. The summed E-state index contributed by atoms with van der Waals surface area (Å²) in [6, 6.07) is 72.3. The number of aryl methyl sites for hydroxylation is 3. The Hall–Kier alpha value is -7.22. The van der Waals surface area contributed by atoms with Crippen molar-refractivity contribution in [1.29, 1.82) is 0 Å². The number of anilines is 3. The molecule has 0 saturated carbocycles. The van der Waals surface area contributed by atoms with E-state index in [9.17, 15) is 0 Å². The van der Waals surface area contributed by atoms with Crippen LogP contribution in [0.4, 0.5) is 17.1 Å². The van der Waals surface area contributed by atoms with Crippen LogP contribution in [0.3, 0.4) is 0 Å². The maximum absolute atomic E-state index is 2.44. The van der Waals surface area contributed by atoms with Crippen LogP contribution in [-0.4, -0.2) is 0 Å². The van der Waals surface area contributed by atoms with Gasteiger partial charge in [-0.1, -0.05) is 175 Å². The number of rotatable bonds is 6. The Morgan fingerprint density at radius 1 is 0.310 bits per heavy atom. The monoisotopic (exact) mass is 739 g/mol. The van der Waals surface area contributed by atoms with E-state index in [1.54, 1.807) is 0 Å². The predicted molar refractivity (Wildman–Crippen MR) is 250 cm³/mol. The predicted octanol–water partition coefficient (Wildman–Crippen LogP) is 16.3. The van der Waals surface area contributed by atoms with Crippen molar-refractivity contribution >= 4 is 70.9 Å². The summed E-state index contributed by atoms with van der Waals surface area (Å²) < 4.78 is 0. The van der Waals surface area contributed by atoms with Crippen molar-refractivity contribution < 1.29 is 0 Å². The molecule has 0 saturated heterocycles. The third-order valence-corrected chi connectivity index (χ3v) is 12.1. The van der Waals surface area contributed by atoms with Crippen LogP contribution in [0.5, 0.6) is 0 Å². The lowest BCUT2D eigenvalue weighted by Gasteiger charge is -2.30. The van der Waals surface area contributed by atoms with Gasteiger partial charge in [0.25, 0.3) is 0 Å². The van der Waals surface area contributed by atoms with Gasteiger partial charge in [0.15, 0.2) is 0 Å². The van der Waals surface area contributed by atoms with E-state index in [-0.39, 0.29) is 0 Å². The largest absolute Gasteiger partial charge is 0.309 e. The number of hydrogen-bond donors (Lipinski definition) is 0. The van der Waals surface area contributed by atoms with Gasteiger partial charge in [-0.15, -0.1) is 0 Å². The first-order valence-corrected chi connectivity index (χ1v) is 20.2. The lowest BCUT2D eigenvalue weighted by molar-refractivity contribution is 1.29. The van der Waals surface area contributed by atoms with E-state index in [4.69, 9.17) is 0 Å². The highest BCUT2D eigenvalue weighted by Crippen LogP contribution is 2.49. The second kappa shape index (κ2) is 13.5. The molecule has 11 aromatic rings. The van der Waals surface area contributed by atoms with Gasteiger partial charge in [-0.2, -0.15) is 0 Å². The molecule has 0 aliphatic rings. The van der Waals surface area contributed by atoms with Crippen molar-refractivity contribution in [3.05, 3.63) is 211 Å². The zero-order valence-electron chi connectivity index (χ0n) is 32.9. The maximum atomic E-state index is 2.44. The molecule has 0 aliphatic carbocycles. The third kappa shape index (κ3) is 5.54. The van der Waals surface area contributed by atoms with Gasteiger partial charge in [0.1, 0.15) is 0 Å². The molecule has 11 aromatic carbocycles. The van der Waals surface area contributed by atoms with E-state index < -0.39 is 0 Å². The summed E-state index contributed by atoms with van der Waals surface area (Å²) in [6.45, 7) is 6.53. The second-order valence-electron chi connectivity index (χ2n) is 16.0. The normalized spacial score (nSPS) is 11.7. The Morgan fingerprint density at radius 2 is 0.810 bits per heavy atom. The SMILES string of the molecule is Cc1ccc(N(c2ccc(C)cc2)c2c3ccccc3c(-c3cc(C)cc(-c4ccc(-c5ccc6ccc7cccc8ccc5c6c78)cc4)c3)c3ccccc23)cc1. The minimum absolute atomic E-state index is 1.14. The summed E-state index contributed by atoms with van der Waals surface area (Å²) in [5.41, 5.74) is 14.6. The zero-order chi connectivity index (χ0) is 38.9. The average Bonchev–Trinajstić information content (AvgIpc) is 3.26. The maximum Gasteiger partial charge on any atom is 0.0618 e. The second-order valence-corrected chi connectivity index (χ2v) is 16.0. The van der Waals surface area contributed by atoms with Crippen molar-refractivity contribution in [3.8, 4) is 33.4 Å². The van der Waals surface area contributed by atoms with Crippen LogP contribution < -0.4 is 4.90 Å². The lowest BCUT2D eigenvalue weighted by Crippen LogP contribution is -2.11. The molecule has 0 aliphatic heterocycles. The standard InChI is InChI=1S/C57H41N/c1-36-15-27-46(28-16-36)58(47-29-17-37(2)18-30-47)57-52-13-6-4-11-49(52)55(50-12-5-7-14-53(50)57)45-34-38(3)33-44(35-45)39-19-21-40(22-20-39)48-31-25-43-24-23-41-9-8-10-42-26-32-51(48)56(43)54(41)42/h4-35H,1-3H3. The van der Waals surface area contributed by atoms with E-state index in [0.717, 1.165) is 11.4 Å². The van der Waals surface area contributed by atoms with Gasteiger partial charge in [0, 0.05) is 22.1 Å². The van der Waals surface area contributed by atoms with Crippen LogP contribution in [0.15, 0.2) is 194 Å². The highest BCUT2D eigenvalue weighted by Gasteiger charge is 2.22. The van der Waals surface area contributed by atoms with Crippen molar-refractivity contribution in [1.82, 2.24) is 0 Å². The Morgan fingerprint density at radius 3 is 1.41 bits per heavy atom. The Labute approximate surface area is 339 Å². The number of fused-ring (bicyclic) bond motifs is 2. The first kappa shape index (κ1) is 34.1. The third-order valence-electron chi connectivity index (χ3n) is 12.1. The summed E-state index contributed by atoms with van der Waals surface area (Å²) >= 11 is 0. The smallest absolute Gasteiger partial charge is 0.0618 e. The molecule has 0 N–H and O–H groups in total. The molecule has 0 radical (unpaired) electrons. The molecule has 0 unspecified atom stereocenters. The van der Waals surface area contributed by atoms with Crippen LogP contribution in [-0.2, 0) is 0 Å². The number of nitrogens with zero attached hydrogens (tertiary/aromatic N) is 1. The fourth-order valence-electron chi connectivity index (χ4n) is 9.38. The Bertz CT molecular complexity index is 3220. The van der Waals surface area contributed by atoms with Gasteiger partial charge in [-0.3, -0.25) is 0 Å². The molecule has 58 heavy (non-hydrogen) atoms. The van der Waals surface area contributed by atoms with Crippen molar-refractivity contribution in [2.45, 2.75) is 20.8 Å². The molecule has 0 aromatic heterocycles. The van der Waals surface area contributed by atoms with Crippen LogP contribution in [0.25, 0.3) is 87.2 Å². The molecule has 0 atom stereocenters. The number of benzene rings is 11. The molecule has 0 heterocycles. The van der Waals surface area contributed by atoms with Crippen LogP contribution >= 0.6 is 0 Å². The quantitative estimate of drug-likeness (QED) is 0.121. The summed E-state index contributed by atoms with van der Waals surface area (Å²) in [7, 11) is 0. The minimum Gasteiger partial charge on any atom is -0.309 e. The summed E-state index contributed by atoms with van der Waals surface area (Å²) in [5.74, 6) is 0. The first-order chi connectivity index (χ1) is 28.5. The van der Waals surface area contributed by atoms with E-state index in [0.29, 0.717) is 0 Å². The summed E-state index contributed by atoms with van der Waals surface area (Å²) in [6.07, 6.45) is 0. The summed E-state index contributed by atoms with van der Waals surface area (Å²) in [5, 5.41) is 12.8. The van der Waals surface area contributed by atoms with E-state index in [1.165, 1.54) is 110 Å². The Balaban J connectivity index is 1.06. The van der Waals surface area contributed by atoms with Gasteiger partial charge in [0.05, 0.1) is 5.69 Å². The van der Waals surface area contributed by atoms with Gasteiger partial charge in [-0.05, 0) is 133 Å². The zero-order valence-corrected chi connectivity index (χ0v) is 32.9. The van der Waals surface area contributed by atoms with Crippen molar-refractivity contribution in [3.63, 3.8) is 0 Å². The van der Waals surface area contributed by atoms with E-state index in [1.807, 2.05) is 0 Å². The van der Waals surface area contributed by atoms with Crippen LogP contribution in [0.2, 0.25) is 0 Å².